The van der Waals surface area contributed by atoms with Gasteiger partial charge in [0.1, 0.15) is 17.3 Å². The summed E-state index contributed by atoms with van der Waals surface area (Å²) in [6.07, 6.45) is 2.79. The molecule has 0 bridgehead atoms. The topological polar surface area (TPSA) is 73.8 Å². The van der Waals surface area contributed by atoms with Gasteiger partial charge in [0, 0.05) is 22.7 Å². The van der Waals surface area contributed by atoms with Crippen LogP contribution in [-0.2, 0) is 4.79 Å². The summed E-state index contributed by atoms with van der Waals surface area (Å²) in [6, 6.07) is 0.310. The number of benzene rings is 1. The molecule has 0 spiro atoms. The minimum Gasteiger partial charge on any atom is -0.311 e. The lowest BCUT2D eigenvalue weighted by molar-refractivity contribution is -0.125. The molecule has 2 heterocycles. The molecule has 33 heavy (non-hydrogen) atoms. The van der Waals surface area contributed by atoms with Crippen LogP contribution >= 0.6 is 0 Å². The number of amidine groups is 1. The third-order valence-electron chi connectivity index (χ3n) is 7.57. The zero-order valence-corrected chi connectivity index (χ0v) is 20.5. The first-order chi connectivity index (χ1) is 15.3. The lowest BCUT2D eigenvalue weighted by atomic mass is 9.83. The van der Waals surface area contributed by atoms with E-state index in [1.165, 1.54) is 4.90 Å². The van der Waals surface area contributed by atoms with E-state index in [2.05, 4.69) is 35.3 Å². The summed E-state index contributed by atoms with van der Waals surface area (Å²) in [6.45, 7) is 10.7. The Hall–Kier alpha value is -2.62. The molecule has 2 N–H and O–H groups in total. The van der Waals surface area contributed by atoms with E-state index in [0.29, 0.717) is 24.5 Å². The molecule has 10 heteroatoms. The number of carbonyl (C=O) groups excluding carboxylic acids is 2. The average Bonchev–Trinajstić information content (AvgIpc) is 3.14. The second kappa shape index (κ2) is 7.71. The maximum absolute atomic E-state index is 14.0. The van der Waals surface area contributed by atoms with E-state index in [0.717, 1.165) is 30.4 Å². The predicted molar refractivity (Wildman–Crippen MR) is 123 cm³/mol. The van der Waals surface area contributed by atoms with Crippen molar-refractivity contribution < 1.29 is 22.8 Å². The summed E-state index contributed by atoms with van der Waals surface area (Å²) in [5, 5.41) is 4.95. The number of rotatable bonds is 3. The van der Waals surface area contributed by atoms with Crippen molar-refractivity contribution in [1.82, 2.24) is 10.2 Å². The highest BCUT2D eigenvalue weighted by molar-refractivity contribution is 6.82. The van der Waals surface area contributed by atoms with Crippen LogP contribution in [-0.4, -0.2) is 49.4 Å². The predicted octanol–water partition coefficient (Wildman–Crippen LogP) is 4.82. The minimum absolute atomic E-state index is 0.00317. The molecule has 0 unspecified atom stereocenters. The largest absolute Gasteiger partial charge is 0.323 e. The van der Waals surface area contributed by atoms with Crippen molar-refractivity contribution in [2.45, 2.75) is 63.3 Å². The van der Waals surface area contributed by atoms with Crippen LogP contribution in [0.5, 0.6) is 0 Å². The lowest BCUT2D eigenvalue weighted by Gasteiger charge is -2.49. The SMILES string of the molecule is CC1(C)C2=C(CN1C(=O)Nc1c(F)cc(F)cc1F)C(NC(=O)C1([Si](C)(C)C)CCC1)=NC2. The van der Waals surface area contributed by atoms with Gasteiger partial charge in [0.2, 0.25) is 5.91 Å². The van der Waals surface area contributed by atoms with Crippen LogP contribution < -0.4 is 10.6 Å². The van der Waals surface area contributed by atoms with Gasteiger partial charge in [-0.3, -0.25) is 9.79 Å². The van der Waals surface area contributed by atoms with Crippen LogP contribution in [0.25, 0.3) is 0 Å². The number of carbonyl (C=O) groups is 2. The van der Waals surface area contributed by atoms with Gasteiger partial charge in [-0.05, 0) is 32.3 Å². The maximum Gasteiger partial charge on any atom is 0.323 e. The van der Waals surface area contributed by atoms with Gasteiger partial charge < -0.3 is 15.5 Å². The molecule has 3 aliphatic rings. The van der Waals surface area contributed by atoms with Crippen molar-refractivity contribution >= 4 is 31.5 Å². The number of halogens is 3. The smallest absolute Gasteiger partial charge is 0.311 e. The average molecular weight is 479 g/mol. The monoisotopic (exact) mass is 478 g/mol. The van der Waals surface area contributed by atoms with Crippen molar-refractivity contribution in [3.05, 3.63) is 40.7 Å². The van der Waals surface area contributed by atoms with Crippen molar-refractivity contribution in [3.63, 3.8) is 0 Å². The number of amides is 3. The molecule has 1 fully saturated rings. The van der Waals surface area contributed by atoms with Crippen molar-refractivity contribution in [2.24, 2.45) is 4.99 Å². The van der Waals surface area contributed by atoms with Gasteiger partial charge in [0.15, 0.2) is 11.6 Å². The van der Waals surface area contributed by atoms with Crippen LogP contribution in [0.4, 0.5) is 23.7 Å². The summed E-state index contributed by atoms with van der Waals surface area (Å²) in [7, 11) is -1.77. The Bertz CT molecular complexity index is 1080. The Morgan fingerprint density at radius 2 is 1.67 bits per heavy atom. The van der Waals surface area contributed by atoms with Crippen LogP contribution in [0.2, 0.25) is 24.7 Å². The molecule has 178 valence electrons. The Balaban J connectivity index is 1.52. The van der Waals surface area contributed by atoms with Gasteiger partial charge in [-0.25, -0.2) is 18.0 Å². The molecule has 1 aromatic carbocycles. The Morgan fingerprint density at radius 1 is 1.06 bits per heavy atom. The Morgan fingerprint density at radius 3 is 2.18 bits per heavy atom. The van der Waals surface area contributed by atoms with Crippen LogP contribution in [0.3, 0.4) is 0 Å². The molecule has 0 saturated heterocycles. The van der Waals surface area contributed by atoms with Gasteiger partial charge in [-0.1, -0.05) is 26.1 Å². The first kappa shape index (κ1) is 23.5. The van der Waals surface area contributed by atoms with E-state index in [-0.39, 0.29) is 17.5 Å². The first-order valence-corrected chi connectivity index (χ1v) is 14.6. The number of aliphatic imine (C=N–C) groups is 1. The zero-order valence-electron chi connectivity index (χ0n) is 19.5. The van der Waals surface area contributed by atoms with E-state index in [9.17, 15) is 22.8 Å². The van der Waals surface area contributed by atoms with Gasteiger partial charge in [0.05, 0.1) is 26.7 Å². The fraction of sp³-hybridized carbons (Fsp3) is 0.522. The van der Waals surface area contributed by atoms with Gasteiger partial charge >= 0.3 is 6.03 Å². The number of urea groups is 1. The van der Waals surface area contributed by atoms with Crippen molar-refractivity contribution in [1.29, 1.82) is 0 Å². The first-order valence-electron chi connectivity index (χ1n) is 11.1. The van der Waals surface area contributed by atoms with Gasteiger partial charge in [-0.15, -0.1) is 0 Å². The van der Waals surface area contributed by atoms with E-state index in [1.807, 2.05) is 13.8 Å². The molecule has 0 radical (unpaired) electrons. The molecule has 2 aliphatic heterocycles. The molecule has 1 saturated carbocycles. The molecule has 4 rings (SSSR count). The second-order valence-corrected chi connectivity index (χ2v) is 16.0. The Labute approximate surface area is 192 Å². The number of nitrogens with zero attached hydrogens (tertiary/aromatic N) is 2. The summed E-state index contributed by atoms with van der Waals surface area (Å²) in [4.78, 5) is 32.2. The number of hydrogen-bond acceptors (Lipinski definition) is 3. The maximum atomic E-state index is 14.0. The number of hydrogen-bond donors (Lipinski definition) is 2. The third kappa shape index (κ3) is 3.68. The van der Waals surface area contributed by atoms with E-state index in [4.69, 9.17) is 0 Å². The van der Waals surface area contributed by atoms with E-state index >= 15 is 0 Å². The van der Waals surface area contributed by atoms with Gasteiger partial charge in [-0.2, -0.15) is 0 Å². The summed E-state index contributed by atoms with van der Waals surface area (Å²) in [5.74, 6) is -2.97. The van der Waals surface area contributed by atoms with Crippen LogP contribution in [0.15, 0.2) is 28.3 Å². The summed E-state index contributed by atoms with van der Waals surface area (Å²) in [5.41, 5.74) is 0.153. The Kier molecular flexibility index (Phi) is 5.50. The summed E-state index contributed by atoms with van der Waals surface area (Å²) < 4.78 is 41.3. The molecule has 6 nitrogen and oxygen atoms in total. The van der Waals surface area contributed by atoms with Crippen molar-refractivity contribution in [3.8, 4) is 0 Å². The molecule has 0 atom stereocenters. The fourth-order valence-electron chi connectivity index (χ4n) is 5.10. The van der Waals surface area contributed by atoms with Crippen molar-refractivity contribution in [2.75, 3.05) is 18.4 Å². The molecular formula is C23H29F3N4O2Si. The molecule has 1 aromatic rings. The summed E-state index contributed by atoms with van der Waals surface area (Å²) >= 11 is 0. The fourth-order valence-corrected chi connectivity index (χ4v) is 7.69. The minimum atomic E-state index is -1.77. The van der Waals surface area contributed by atoms with Crippen LogP contribution in [0.1, 0.15) is 33.1 Å². The van der Waals surface area contributed by atoms with E-state index in [1.54, 1.807) is 0 Å². The highest BCUT2D eigenvalue weighted by Gasteiger charge is 2.54. The van der Waals surface area contributed by atoms with Gasteiger partial charge in [0.25, 0.3) is 0 Å². The number of anilines is 1. The quantitative estimate of drug-likeness (QED) is 0.612. The molecule has 0 aromatic heterocycles. The highest BCUT2D eigenvalue weighted by atomic mass is 28.3. The standard InChI is InChI=1S/C23H29F3N4O2Si/c1-22(2)15-11-27-19(29-20(31)23(7-6-8-23)33(3,4)5)14(15)12-30(22)21(32)28-18-16(25)9-13(24)10-17(18)26/h9-10H,6-8,11-12H2,1-5H3,(H,28,32)(H,27,29,31). The third-order valence-corrected chi connectivity index (χ3v) is 11.2. The lowest BCUT2D eigenvalue weighted by Crippen LogP contribution is -2.55. The van der Waals surface area contributed by atoms with E-state index < -0.39 is 42.8 Å². The molecule has 1 aliphatic carbocycles. The molecule has 3 amide bonds. The zero-order chi connectivity index (χ0) is 24.3. The normalized spacial score (nSPS) is 20.8. The molecular weight excluding hydrogens is 449 g/mol. The second-order valence-electron chi connectivity index (χ2n) is 10.6. The highest BCUT2D eigenvalue weighted by Crippen LogP contribution is 2.55. The van der Waals surface area contributed by atoms with Crippen LogP contribution in [0, 0.1) is 17.5 Å². The number of nitrogens with one attached hydrogen (secondary N) is 2.